The molecule has 2 N–H and O–H groups in total. The molecule has 1 aliphatic heterocycles. The minimum absolute atomic E-state index is 0.0271. The van der Waals surface area contributed by atoms with Gasteiger partial charge in [-0.3, -0.25) is 4.79 Å². The first-order valence-corrected chi connectivity index (χ1v) is 5.49. The number of rotatable bonds is 4. The Hall–Kier alpha value is -1.39. The van der Waals surface area contributed by atoms with E-state index in [-0.39, 0.29) is 11.9 Å². The van der Waals surface area contributed by atoms with E-state index in [0.29, 0.717) is 19.8 Å². The van der Waals surface area contributed by atoms with E-state index in [4.69, 9.17) is 4.74 Å². The summed E-state index contributed by atoms with van der Waals surface area (Å²) in [7, 11) is 0. The van der Waals surface area contributed by atoms with Crippen LogP contribution in [-0.4, -0.2) is 31.6 Å². The SMILES string of the molecule is O=C1NCCNC1COCc1ccccc1. The smallest absolute Gasteiger partial charge is 0.239 e. The normalized spacial score (nSPS) is 20.5. The molecule has 1 aliphatic rings. The summed E-state index contributed by atoms with van der Waals surface area (Å²) < 4.78 is 5.51. The lowest BCUT2D eigenvalue weighted by Crippen LogP contribution is -2.54. The third kappa shape index (κ3) is 3.05. The van der Waals surface area contributed by atoms with Gasteiger partial charge in [-0.05, 0) is 5.56 Å². The van der Waals surface area contributed by atoms with Gasteiger partial charge in [-0.25, -0.2) is 0 Å². The summed E-state index contributed by atoms with van der Waals surface area (Å²) in [5.74, 6) is 0.0271. The molecule has 2 rings (SSSR count). The van der Waals surface area contributed by atoms with E-state index >= 15 is 0 Å². The van der Waals surface area contributed by atoms with E-state index in [1.165, 1.54) is 0 Å². The second-order valence-corrected chi connectivity index (χ2v) is 3.80. The summed E-state index contributed by atoms with van der Waals surface area (Å²) in [6.45, 7) is 2.48. The summed E-state index contributed by atoms with van der Waals surface area (Å²) in [4.78, 5) is 11.4. The van der Waals surface area contributed by atoms with Crippen LogP contribution in [0.5, 0.6) is 0 Å². The van der Waals surface area contributed by atoms with Crippen LogP contribution in [0.1, 0.15) is 5.56 Å². The zero-order valence-electron chi connectivity index (χ0n) is 9.11. The van der Waals surface area contributed by atoms with Gasteiger partial charge >= 0.3 is 0 Å². The van der Waals surface area contributed by atoms with E-state index in [1.807, 2.05) is 30.3 Å². The lowest BCUT2D eigenvalue weighted by atomic mass is 10.2. The quantitative estimate of drug-likeness (QED) is 0.767. The molecule has 1 aromatic carbocycles. The molecule has 0 saturated carbocycles. The zero-order valence-corrected chi connectivity index (χ0v) is 9.11. The molecule has 4 nitrogen and oxygen atoms in total. The molecule has 1 saturated heterocycles. The van der Waals surface area contributed by atoms with E-state index < -0.39 is 0 Å². The monoisotopic (exact) mass is 220 g/mol. The molecule has 0 aliphatic carbocycles. The van der Waals surface area contributed by atoms with Crippen molar-refractivity contribution in [2.75, 3.05) is 19.7 Å². The fraction of sp³-hybridized carbons (Fsp3) is 0.417. The van der Waals surface area contributed by atoms with Crippen molar-refractivity contribution in [1.82, 2.24) is 10.6 Å². The van der Waals surface area contributed by atoms with Crippen molar-refractivity contribution in [1.29, 1.82) is 0 Å². The van der Waals surface area contributed by atoms with Gasteiger partial charge in [-0.1, -0.05) is 30.3 Å². The highest BCUT2D eigenvalue weighted by Crippen LogP contribution is 2.01. The van der Waals surface area contributed by atoms with Crippen LogP contribution in [0.25, 0.3) is 0 Å². The Morgan fingerprint density at radius 1 is 1.25 bits per heavy atom. The molecule has 0 radical (unpaired) electrons. The van der Waals surface area contributed by atoms with Gasteiger partial charge in [0.2, 0.25) is 5.91 Å². The Balaban J connectivity index is 1.73. The van der Waals surface area contributed by atoms with Gasteiger partial charge in [-0.15, -0.1) is 0 Å². The molecular formula is C12H16N2O2. The molecule has 0 spiro atoms. The molecule has 4 heteroatoms. The highest BCUT2D eigenvalue weighted by molar-refractivity contribution is 5.82. The van der Waals surface area contributed by atoms with Crippen LogP contribution in [0.15, 0.2) is 30.3 Å². The number of carbonyl (C=O) groups is 1. The van der Waals surface area contributed by atoms with Crippen molar-refractivity contribution in [2.45, 2.75) is 12.6 Å². The highest BCUT2D eigenvalue weighted by atomic mass is 16.5. The van der Waals surface area contributed by atoms with E-state index in [9.17, 15) is 4.79 Å². The predicted molar refractivity (Wildman–Crippen MR) is 60.9 cm³/mol. The zero-order chi connectivity index (χ0) is 11.2. The van der Waals surface area contributed by atoms with Crippen molar-refractivity contribution in [3.05, 3.63) is 35.9 Å². The Labute approximate surface area is 95.0 Å². The van der Waals surface area contributed by atoms with Crippen LogP contribution in [0.2, 0.25) is 0 Å². The van der Waals surface area contributed by atoms with Gasteiger partial charge < -0.3 is 15.4 Å². The van der Waals surface area contributed by atoms with Crippen LogP contribution in [0.4, 0.5) is 0 Å². The van der Waals surface area contributed by atoms with Gasteiger partial charge in [0.25, 0.3) is 0 Å². The van der Waals surface area contributed by atoms with Crippen LogP contribution in [-0.2, 0) is 16.1 Å². The summed E-state index contributed by atoms with van der Waals surface area (Å²) in [5.41, 5.74) is 1.12. The standard InChI is InChI=1S/C12H16N2O2/c15-12-11(13-6-7-14-12)9-16-8-10-4-2-1-3-5-10/h1-5,11,13H,6-9H2,(H,14,15). The molecule has 16 heavy (non-hydrogen) atoms. The van der Waals surface area contributed by atoms with Crippen LogP contribution >= 0.6 is 0 Å². The number of hydrogen-bond donors (Lipinski definition) is 2. The molecule has 1 amide bonds. The molecular weight excluding hydrogens is 204 g/mol. The number of amides is 1. The largest absolute Gasteiger partial charge is 0.375 e. The predicted octanol–water partition coefficient (Wildman–Crippen LogP) is 0.291. The minimum Gasteiger partial charge on any atom is -0.375 e. The fourth-order valence-electron chi connectivity index (χ4n) is 1.65. The molecule has 1 heterocycles. The second-order valence-electron chi connectivity index (χ2n) is 3.80. The lowest BCUT2D eigenvalue weighted by Gasteiger charge is -2.23. The average Bonchev–Trinajstić information content (AvgIpc) is 2.33. The molecule has 0 aromatic heterocycles. The van der Waals surface area contributed by atoms with Gasteiger partial charge in [0, 0.05) is 13.1 Å². The first-order chi connectivity index (χ1) is 7.86. The second kappa shape index (κ2) is 5.63. The van der Waals surface area contributed by atoms with Crippen LogP contribution < -0.4 is 10.6 Å². The first kappa shape index (κ1) is 11.1. The summed E-state index contributed by atoms with van der Waals surface area (Å²) in [5, 5.41) is 5.92. The Bertz CT molecular complexity index is 340. The van der Waals surface area contributed by atoms with Crippen molar-refractivity contribution in [2.24, 2.45) is 0 Å². The topological polar surface area (TPSA) is 50.4 Å². The fourth-order valence-corrected chi connectivity index (χ4v) is 1.65. The Morgan fingerprint density at radius 2 is 2.06 bits per heavy atom. The number of nitrogens with one attached hydrogen (secondary N) is 2. The van der Waals surface area contributed by atoms with Crippen molar-refractivity contribution < 1.29 is 9.53 Å². The summed E-state index contributed by atoms with van der Waals surface area (Å²) in [6, 6.07) is 9.73. The maximum absolute atomic E-state index is 11.4. The van der Waals surface area contributed by atoms with Gasteiger partial charge in [0.1, 0.15) is 6.04 Å². The number of ether oxygens (including phenoxy) is 1. The maximum Gasteiger partial charge on any atom is 0.239 e. The Kier molecular flexibility index (Phi) is 3.91. The lowest BCUT2D eigenvalue weighted by molar-refractivity contribution is -0.126. The van der Waals surface area contributed by atoms with Gasteiger partial charge in [0.05, 0.1) is 13.2 Å². The van der Waals surface area contributed by atoms with Gasteiger partial charge in [-0.2, -0.15) is 0 Å². The van der Waals surface area contributed by atoms with Crippen molar-refractivity contribution in [3.63, 3.8) is 0 Å². The third-order valence-corrected chi connectivity index (χ3v) is 2.53. The Morgan fingerprint density at radius 3 is 2.81 bits per heavy atom. The summed E-state index contributed by atoms with van der Waals surface area (Å²) in [6.07, 6.45) is 0. The maximum atomic E-state index is 11.4. The number of piperazine rings is 1. The number of carbonyl (C=O) groups excluding carboxylic acids is 1. The highest BCUT2D eigenvalue weighted by Gasteiger charge is 2.20. The van der Waals surface area contributed by atoms with Crippen LogP contribution in [0, 0.1) is 0 Å². The van der Waals surface area contributed by atoms with Crippen molar-refractivity contribution in [3.8, 4) is 0 Å². The third-order valence-electron chi connectivity index (χ3n) is 2.53. The number of hydrogen-bond acceptors (Lipinski definition) is 3. The minimum atomic E-state index is -0.211. The van der Waals surface area contributed by atoms with E-state index in [1.54, 1.807) is 0 Å². The molecule has 86 valence electrons. The first-order valence-electron chi connectivity index (χ1n) is 5.49. The summed E-state index contributed by atoms with van der Waals surface area (Å²) >= 11 is 0. The molecule has 0 bridgehead atoms. The van der Waals surface area contributed by atoms with Gasteiger partial charge in [0.15, 0.2) is 0 Å². The van der Waals surface area contributed by atoms with Crippen molar-refractivity contribution >= 4 is 5.91 Å². The molecule has 1 unspecified atom stereocenters. The molecule has 1 aromatic rings. The van der Waals surface area contributed by atoms with E-state index in [0.717, 1.165) is 12.1 Å². The molecule has 1 atom stereocenters. The molecule has 1 fully saturated rings. The average molecular weight is 220 g/mol. The van der Waals surface area contributed by atoms with E-state index in [2.05, 4.69) is 10.6 Å². The van der Waals surface area contributed by atoms with Crippen LogP contribution in [0.3, 0.4) is 0 Å². The number of benzene rings is 1.